The Morgan fingerprint density at radius 3 is 2.80 bits per heavy atom. The summed E-state index contributed by atoms with van der Waals surface area (Å²) < 4.78 is 5.36. The first-order valence-corrected chi connectivity index (χ1v) is 8.16. The Bertz CT molecular complexity index is 635. The average Bonchev–Trinajstić information content (AvgIpc) is 2.63. The molecule has 0 aromatic heterocycles. The maximum atomic E-state index is 12.2. The van der Waals surface area contributed by atoms with Crippen LogP contribution in [0.3, 0.4) is 0 Å². The molecule has 1 heterocycles. The number of ether oxygens (including phenoxy) is 1. The smallest absolute Gasteiger partial charge is 0.239 e. The minimum atomic E-state index is -0.580. The highest BCUT2D eigenvalue weighted by Gasteiger charge is 2.32. The number of likely N-dealkylation sites (N-methyl/N-ethyl adjacent to an activating group) is 1. The van der Waals surface area contributed by atoms with E-state index in [9.17, 15) is 14.4 Å². The lowest BCUT2D eigenvalue weighted by Gasteiger charge is -2.35. The number of hydrogen-bond acceptors (Lipinski definition) is 5. The van der Waals surface area contributed by atoms with Crippen molar-refractivity contribution in [2.24, 2.45) is 0 Å². The first kappa shape index (κ1) is 18.7. The van der Waals surface area contributed by atoms with Crippen LogP contribution >= 0.6 is 0 Å². The van der Waals surface area contributed by atoms with Crippen LogP contribution in [0.2, 0.25) is 0 Å². The maximum Gasteiger partial charge on any atom is 0.239 e. The zero-order valence-corrected chi connectivity index (χ0v) is 14.5. The molecule has 0 bridgehead atoms. The zero-order valence-electron chi connectivity index (χ0n) is 14.5. The standard InChI is InChI=1S/C17H24N4O4/c1-18-16(23)10-20-15(22)9-13-17(24)19-7-8-21(13)11-12-5-3-4-6-14(12)25-2/h3-6,13H,7-11H2,1-2H3,(H,18,23)(H,19,24)(H,20,22)/t13-/m0/s1. The molecule has 8 nitrogen and oxygen atoms in total. The molecule has 136 valence electrons. The van der Waals surface area contributed by atoms with Gasteiger partial charge in [0.1, 0.15) is 5.75 Å². The van der Waals surface area contributed by atoms with Gasteiger partial charge in [0.25, 0.3) is 0 Å². The molecule has 1 aliphatic heterocycles. The minimum Gasteiger partial charge on any atom is -0.496 e. The summed E-state index contributed by atoms with van der Waals surface area (Å²) in [6.45, 7) is 1.57. The van der Waals surface area contributed by atoms with Gasteiger partial charge in [-0.1, -0.05) is 18.2 Å². The molecule has 1 aromatic carbocycles. The largest absolute Gasteiger partial charge is 0.496 e. The Balaban J connectivity index is 2.03. The van der Waals surface area contributed by atoms with Gasteiger partial charge in [0, 0.05) is 32.2 Å². The number of piperazine rings is 1. The highest BCUT2D eigenvalue weighted by Crippen LogP contribution is 2.21. The summed E-state index contributed by atoms with van der Waals surface area (Å²) in [5, 5.41) is 7.74. The van der Waals surface area contributed by atoms with Gasteiger partial charge in [0.2, 0.25) is 17.7 Å². The number of carbonyl (C=O) groups excluding carboxylic acids is 3. The molecule has 1 aromatic rings. The number of methoxy groups -OCH3 is 1. The second kappa shape index (κ2) is 9.03. The third-order valence-electron chi connectivity index (χ3n) is 4.11. The molecule has 0 saturated carbocycles. The van der Waals surface area contributed by atoms with Gasteiger partial charge < -0.3 is 20.7 Å². The topological polar surface area (TPSA) is 99.8 Å². The van der Waals surface area contributed by atoms with Crippen LogP contribution in [-0.2, 0) is 20.9 Å². The number of amides is 3. The normalized spacial score (nSPS) is 17.5. The number of benzene rings is 1. The average molecular weight is 348 g/mol. The van der Waals surface area contributed by atoms with E-state index in [2.05, 4.69) is 16.0 Å². The lowest BCUT2D eigenvalue weighted by Crippen LogP contribution is -2.56. The summed E-state index contributed by atoms with van der Waals surface area (Å²) in [7, 11) is 3.10. The molecule has 1 saturated heterocycles. The molecule has 1 aliphatic rings. The summed E-state index contributed by atoms with van der Waals surface area (Å²) in [5.41, 5.74) is 0.954. The van der Waals surface area contributed by atoms with E-state index in [1.165, 1.54) is 7.05 Å². The first-order chi connectivity index (χ1) is 12.0. The second-order valence-electron chi connectivity index (χ2n) is 5.74. The predicted molar refractivity (Wildman–Crippen MR) is 91.9 cm³/mol. The van der Waals surface area contributed by atoms with E-state index in [0.29, 0.717) is 19.6 Å². The van der Waals surface area contributed by atoms with Crippen LogP contribution in [0.1, 0.15) is 12.0 Å². The summed E-state index contributed by atoms with van der Waals surface area (Å²) in [6.07, 6.45) is -0.00201. The number of carbonyl (C=O) groups is 3. The number of para-hydroxylation sites is 1. The molecule has 25 heavy (non-hydrogen) atoms. The Morgan fingerprint density at radius 2 is 2.08 bits per heavy atom. The van der Waals surface area contributed by atoms with Crippen molar-refractivity contribution >= 4 is 17.7 Å². The lowest BCUT2D eigenvalue weighted by atomic mass is 10.1. The highest BCUT2D eigenvalue weighted by molar-refractivity contribution is 5.90. The number of nitrogens with zero attached hydrogens (tertiary/aromatic N) is 1. The van der Waals surface area contributed by atoms with Crippen molar-refractivity contribution in [2.75, 3.05) is 33.8 Å². The van der Waals surface area contributed by atoms with Gasteiger partial charge in [0.15, 0.2) is 0 Å². The fraction of sp³-hybridized carbons (Fsp3) is 0.471. The van der Waals surface area contributed by atoms with Crippen LogP contribution in [0.25, 0.3) is 0 Å². The molecule has 0 radical (unpaired) electrons. The summed E-state index contributed by atoms with van der Waals surface area (Å²) in [5.74, 6) is -0.0597. The zero-order chi connectivity index (χ0) is 18.2. The van der Waals surface area contributed by atoms with Crippen LogP contribution < -0.4 is 20.7 Å². The van der Waals surface area contributed by atoms with Crippen molar-refractivity contribution < 1.29 is 19.1 Å². The second-order valence-corrected chi connectivity index (χ2v) is 5.74. The highest BCUT2D eigenvalue weighted by atomic mass is 16.5. The van der Waals surface area contributed by atoms with Crippen molar-refractivity contribution in [3.05, 3.63) is 29.8 Å². The predicted octanol–water partition coefficient (Wildman–Crippen LogP) is -0.752. The third kappa shape index (κ3) is 5.18. The van der Waals surface area contributed by atoms with Gasteiger partial charge >= 0.3 is 0 Å². The van der Waals surface area contributed by atoms with Crippen LogP contribution in [0.15, 0.2) is 24.3 Å². The molecule has 0 unspecified atom stereocenters. The van der Waals surface area contributed by atoms with E-state index in [-0.39, 0.29) is 30.7 Å². The van der Waals surface area contributed by atoms with Crippen molar-refractivity contribution in [3.8, 4) is 5.75 Å². The molecule has 0 aliphatic carbocycles. The molecule has 0 spiro atoms. The first-order valence-electron chi connectivity index (χ1n) is 8.16. The van der Waals surface area contributed by atoms with Gasteiger partial charge in [-0.25, -0.2) is 0 Å². The molecule has 2 rings (SSSR count). The summed E-state index contributed by atoms with van der Waals surface area (Å²) in [6, 6.07) is 7.02. The fourth-order valence-electron chi connectivity index (χ4n) is 2.74. The molecular weight excluding hydrogens is 324 g/mol. The van der Waals surface area contributed by atoms with Crippen LogP contribution in [0.5, 0.6) is 5.75 Å². The van der Waals surface area contributed by atoms with Crippen LogP contribution in [0, 0.1) is 0 Å². The number of hydrogen-bond donors (Lipinski definition) is 3. The molecule has 1 fully saturated rings. The lowest BCUT2D eigenvalue weighted by molar-refractivity contribution is -0.134. The molecular formula is C17H24N4O4. The van der Waals surface area contributed by atoms with Gasteiger partial charge in [-0.05, 0) is 6.07 Å². The third-order valence-corrected chi connectivity index (χ3v) is 4.11. The van der Waals surface area contributed by atoms with Crippen molar-refractivity contribution in [2.45, 2.75) is 19.0 Å². The van der Waals surface area contributed by atoms with Crippen molar-refractivity contribution in [1.82, 2.24) is 20.9 Å². The Hall–Kier alpha value is -2.61. The van der Waals surface area contributed by atoms with E-state index in [4.69, 9.17) is 4.74 Å². The monoisotopic (exact) mass is 348 g/mol. The molecule has 3 N–H and O–H groups in total. The van der Waals surface area contributed by atoms with Crippen molar-refractivity contribution in [1.29, 1.82) is 0 Å². The molecule has 1 atom stereocenters. The molecule has 8 heteroatoms. The summed E-state index contributed by atoms with van der Waals surface area (Å²) in [4.78, 5) is 37.5. The van der Waals surface area contributed by atoms with Gasteiger partial charge in [0.05, 0.1) is 26.1 Å². The van der Waals surface area contributed by atoms with E-state index < -0.39 is 6.04 Å². The van der Waals surface area contributed by atoms with E-state index in [1.807, 2.05) is 29.2 Å². The Morgan fingerprint density at radius 1 is 1.32 bits per heavy atom. The van der Waals surface area contributed by atoms with Crippen molar-refractivity contribution in [3.63, 3.8) is 0 Å². The maximum absolute atomic E-state index is 12.2. The SMILES string of the molecule is CNC(=O)CNC(=O)C[C@H]1C(=O)NCCN1Cc1ccccc1OC. The Kier molecular flexibility index (Phi) is 6.76. The van der Waals surface area contributed by atoms with Gasteiger partial charge in [-0.3, -0.25) is 19.3 Å². The van der Waals surface area contributed by atoms with E-state index in [1.54, 1.807) is 7.11 Å². The van der Waals surface area contributed by atoms with Gasteiger partial charge in [-0.15, -0.1) is 0 Å². The van der Waals surface area contributed by atoms with Gasteiger partial charge in [-0.2, -0.15) is 0 Å². The quantitative estimate of drug-likeness (QED) is 0.602. The number of rotatable bonds is 7. The van der Waals surface area contributed by atoms with Crippen LogP contribution in [-0.4, -0.2) is 62.5 Å². The number of nitrogens with one attached hydrogen (secondary N) is 3. The molecule has 3 amide bonds. The Labute approximate surface area is 146 Å². The van der Waals surface area contributed by atoms with Crippen LogP contribution in [0.4, 0.5) is 0 Å². The van der Waals surface area contributed by atoms with E-state index >= 15 is 0 Å². The summed E-state index contributed by atoms with van der Waals surface area (Å²) >= 11 is 0. The minimum absolute atomic E-state index is 0.00201. The fourth-order valence-corrected chi connectivity index (χ4v) is 2.74. The van der Waals surface area contributed by atoms with E-state index in [0.717, 1.165) is 11.3 Å².